The maximum absolute atomic E-state index is 13.5. The Morgan fingerprint density at radius 1 is 0.294 bits per heavy atom. The minimum Gasteiger partial charge on any atom is -0.504 e. The number of aromatic hydroxyl groups is 4. The molecule has 0 aliphatic heterocycles. The van der Waals surface area contributed by atoms with Crippen LogP contribution in [0.1, 0.15) is 200 Å². The Morgan fingerprint density at radius 2 is 0.581 bits per heavy atom. The lowest BCUT2D eigenvalue weighted by Crippen LogP contribution is -2.02. The number of fused-ring (bicyclic) bond motifs is 6. The van der Waals surface area contributed by atoms with Crippen molar-refractivity contribution in [3.8, 4) is 67.5 Å². The molecule has 692 valence electrons. The van der Waals surface area contributed by atoms with Crippen LogP contribution in [0.4, 0.5) is 0 Å². The van der Waals surface area contributed by atoms with Gasteiger partial charge in [-0.2, -0.15) is 0 Å². The lowest BCUT2D eigenvalue weighted by atomic mass is 9.98. The van der Waals surface area contributed by atoms with E-state index in [2.05, 4.69) is 29.9 Å². The Labute approximate surface area is 770 Å². The van der Waals surface area contributed by atoms with Gasteiger partial charge in [0, 0.05) is 140 Å². The maximum Gasteiger partial charge on any atom is 0.372 e. The van der Waals surface area contributed by atoms with Crippen molar-refractivity contribution in [1.29, 1.82) is 0 Å². The summed E-state index contributed by atoms with van der Waals surface area (Å²) < 4.78 is 21.7. The molecule has 18 aromatic rings. The van der Waals surface area contributed by atoms with E-state index in [0.717, 1.165) is 93.9 Å². The van der Waals surface area contributed by atoms with E-state index in [4.69, 9.17) is 33.0 Å². The van der Waals surface area contributed by atoms with Crippen LogP contribution in [0, 0.1) is 5.92 Å². The number of carbonyl (C=O) groups excluding carboxylic acids is 4. The Hall–Kier alpha value is -17.3. The summed E-state index contributed by atoms with van der Waals surface area (Å²) >= 11 is 0. The first-order chi connectivity index (χ1) is 65.7. The van der Waals surface area contributed by atoms with Crippen LogP contribution >= 0.6 is 0 Å². The summed E-state index contributed by atoms with van der Waals surface area (Å²) in [6.07, 6.45) is 17.9. The van der Waals surface area contributed by atoms with E-state index in [1.807, 2.05) is 67.6 Å². The zero-order valence-electron chi connectivity index (χ0n) is 72.8. The van der Waals surface area contributed by atoms with Gasteiger partial charge in [0.25, 0.3) is 0 Å². The molecule has 10 aromatic heterocycles. The molecule has 0 saturated carbocycles. The van der Waals surface area contributed by atoms with E-state index >= 15 is 0 Å². The number of unbranched alkanes of at least 4 members (excludes halogenated alkanes) is 4. The Balaban J connectivity index is 0.000000138. The van der Waals surface area contributed by atoms with Crippen LogP contribution in [-0.2, 0) is 35.3 Å². The second kappa shape index (κ2) is 41.0. The van der Waals surface area contributed by atoms with Crippen LogP contribution in [0.5, 0.6) is 23.0 Å². The third kappa shape index (κ3) is 19.2. The molecule has 0 bridgehead atoms. The Morgan fingerprint density at radius 3 is 0.890 bits per heavy atom. The Bertz CT molecular complexity index is 7600. The van der Waals surface area contributed by atoms with Crippen molar-refractivity contribution in [2.45, 2.75) is 96.8 Å². The van der Waals surface area contributed by atoms with Crippen LogP contribution in [0.3, 0.4) is 0 Å². The number of aromatic carboxylic acids is 4. The minimum atomic E-state index is -1.41. The number of aliphatic hydroxyl groups is 2. The number of para-hydroxylation sites is 6. The average Bonchev–Trinajstić information content (AvgIpc) is 1.61. The topological polar surface area (TPSA) is 561 Å². The van der Waals surface area contributed by atoms with Gasteiger partial charge in [-0.25, -0.2) is 19.2 Å². The fraction of sp³-hybridized carbons (Fsp3) is 0.173. The number of aliphatic hydroxyl groups excluding tert-OH is 2. The molecule has 8 aromatic carbocycles. The predicted molar refractivity (Wildman–Crippen MR) is 501 cm³/mol. The summed E-state index contributed by atoms with van der Waals surface area (Å²) in [4.78, 5) is 141. The zero-order valence-corrected chi connectivity index (χ0v) is 72.8. The molecule has 0 radical (unpaired) electrons. The van der Waals surface area contributed by atoms with Crippen LogP contribution < -0.4 is 0 Å². The van der Waals surface area contributed by atoms with Crippen LogP contribution in [-0.4, -0.2) is 163 Å². The molecule has 32 nitrogen and oxygen atoms in total. The number of nitrogens with one attached hydrogen (secondary N) is 6. The molecule has 0 aliphatic rings. The van der Waals surface area contributed by atoms with Crippen molar-refractivity contribution in [3.05, 3.63) is 310 Å². The van der Waals surface area contributed by atoms with Gasteiger partial charge in [0.1, 0.15) is 0 Å². The monoisotopic (exact) mass is 1840 g/mol. The minimum absolute atomic E-state index is 0.0278. The van der Waals surface area contributed by atoms with Gasteiger partial charge in [0.15, 0.2) is 23.0 Å². The number of aryl methyl sites for hydroxylation is 4. The van der Waals surface area contributed by atoms with Gasteiger partial charge in [-0.15, -0.1) is 0 Å². The van der Waals surface area contributed by atoms with Crippen LogP contribution in [0.15, 0.2) is 237 Å². The highest BCUT2D eigenvalue weighted by atomic mass is 16.4. The highest BCUT2D eigenvalue weighted by Crippen LogP contribution is 2.47. The lowest BCUT2D eigenvalue weighted by molar-refractivity contribution is -0.138. The first-order valence-corrected chi connectivity index (χ1v) is 43.5. The summed E-state index contributed by atoms with van der Waals surface area (Å²) in [6, 6.07) is 53.4. The third-order valence-corrected chi connectivity index (χ3v) is 23.7. The number of rotatable bonds is 35. The molecule has 1 unspecified atom stereocenters. The number of hydrogen-bond acceptors (Lipinski definition) is 20. The molecular weight excluding hydrogens is 1750 g/mol. The van der Waals surface area contributed by atoms with Crippen molar-refractivity contribution in [2.75, 3.05) is 13.2 Å². The molecule has 0 aliphatic carbocycles. The van der Waals surface area contributed by atoms with Crippen LogP contribution in [0.25, 0.3) is 110 Å². The lowest BCUT2D eigenvalue weighted by Gasteiger charge is -2.08. The number of benzene rings is 8. The molecular formula is C104H90N6O26. The molecule has 136 heavy (non-hydrogen) atoms. The molecule has 0 fully saturated rings. The number of carboxylic acids is 6. The van der Waals surface area contributed by atoms with E-state index in [1.54, 1.807) is 140 Å². The third-order valence-electron chi connectivity index (χ3n) is 23.7. The predicted octanol–water partition coefficient (Wildman–Crippen LogP) is 20.1. The van der Waals surface area contributed by atoms with Gasteiger partial charge >= 0.3 is 35.8 Å². The number of carbonyl (C=O) groups is 10. The summed E-state index contributed by atoms with van der Waals surface area (Å²) in [5.74, 6) is -15.5. The van der Waals surface area contributed by atoms with E-state index in [9.17, 15) is 93.9 Å². The first kappa shape index (κ1) is 93.4. The van der Waals surface area contributed by atoms with Crippen molar-refractivity contribution >= 4 is 124 Å². The molecule has 18 N–H and O–H groups in total. The number of hydrogen-bond donors (Lipinski definition) is 18. The van der Waals surface area contributed by atoms with E-state index in [-0.39, 0.29) is 76.5 Å². The van der Waals surface area contributed by atoms with Gasteiger partial charge < -0.3 is 109 Å². The first-order valence-electron chi connectivity index (χ1n) is 43.5. The average molecular weight is 1840 g/mol. The normalized spacial score (nSPS) is 11.5. The SMILES string of the molecule is CC(CO)CCc1cccc2c(C(=O)c3oc(C(=O)O)c(-c4ccccc4)c3O)c[nH]c12.O=C(O)CCCCc1cccc2c(C(=O)c3oc(C(=O)O)c(-c4c[nH]c5ccccc45)c3O)c[nH]c12.O=C(O)CCCCc1cccc2c(C(=O)c3oc(C(=O)O)c(-c4ccccc4)c3O)c[nH]c12.O=C(O)c1oc(C(=O)c2c[nH]c3c(CCCCCO)cccc23)c(O)c1-c1c[nH]c2ccccc12. The molecule has 18 rings (SSSR count). The van der Waals surface area contributed by atoms with Crippen molar-refractivity contribution in [1.82, 2.24) is 29.9 Å². The molecule has 0 spiro atoms. The molecule has 1 atom stereocenters. The number of aromatic nitrogens is 6. The van der Waals surface area contributed by atoms with Gasteiger partial charge in [-0.1, -0.05) is 183 Å². The largest absolute Gasteiger partial charge is 0.504 e. The van der Waals surface area contributed by atoms with Crippen molar-refractivity contribution < 1.29 is 127 Å². The van der Waals surface area contributed by atoms with Crippen molar-refractivity contribution in [2.24, 2.45) is 5.92 Å². The van der Waals surface area contributed by atoms with Gasteiger partial charge in [0.05, 0.1) is 44.5 Å². The van der Waals surface area contributed by atoms with Gasteiger partial charge in [-0.3, -0.25) is 28.8 Å². The van der Waals surface area contributed by atoms with E-state index < -0.39 is 128 Å². The van der Waals surface area contributed by atoms with Gasteiger partial charge in [0.2, 0.25) is 69.2 Å². The molecule has 0 amide bonds. The van der Waals surface area contributed by atoms with Gasteiger partial charge in [-0.05, 0) is 122 Å². The highest BCUT2D eigenvalue weighted by molar-refractivity contribution is 6.22. The quantitative estimate of drug-likeness (QED) is 0.0130. The zero-order chi connectivity index (χ0) is 96.3. The van der Waals surface area contributed by atoms with E-state index in [0.29, 0.717) is 93.1 Å². The van der Waals surface area contributed by atoms with Crippen molar-refractivity contribution in [3.63, 3.8) is 0 Å². The summed E-state index contributed by atoms with van der Waals surface area (Å²) in [6.45, 7) is 2.24. The number of carboxylic acid groups (broad SMARTS) is 6. The standard InChI is InChI=1S/C27H22N2O7.C27H24N2O6.C25H21NO7.C25H23NO6/c30-20(31)11-4-1-6-14-7-5-9-16-18(13-29-22(14)16)23(32)26-24(33)21(25(36-26)27(34)35)17-12-28-19-10-3-2-8-15(17)19;30-12-5-1-2-7-15-8-6-10-17-19(14-29-22(15)17)23(31)26-24(32)21(25(35-26)27(33)34)18-13-28-20-11-4-3-9-16(18)20;27-18(28)12-5-4-9-15-10-6-11-16-17(13-26-20(15)16)21(29)24-22(30)19(23(33-24)25(31)32)14-7-2-1-3-8-14;1-14(13-27)10-11-16-8-5-9-17-18(12-26-20(16)17)21(28)24-22(29)19(23(32-24)25(30)31)15-6-3-2-4-7-15/h2-3,5,7-10,12-13,28-29,33H,1,4,6,11H2,(H,30,31)(H,34,35);3-4,6,8-11,13-14,28-30,32H,1-2,5,7,12H2,(H,33,34);1-3,6-8,10-11,13,26,30H,4-5,9,12H2,(H,27,28)(H,31,32);2-9,12,14,26-27,29H,10-11,13H2,1H3,(H,30,31). The summed E-state index contributed by atoms with van der Waals surface area (Å²) in [5.41, 5.74) is 10.9. The molecule has 32 heteroatoms. The molecule has 0 saturated heterocycles. The van der Waals surface area contributed by atoms with E-state index in [1.165, 1.54) is 18.6 Å². The number of aliphatic carboxylic acids is 2. The number of H-pyrrole nitrogens is 6. The second-order valence-corrected chi connectivity index (χ2v) is 32.4. The van der Waals surface area contributed by atoms with Crippen LogP contribution in [0.2, 0.25) is 0 Å². The molecule has 10 heterocycles. The fourth-order valence-electron chi connectivity index (χ4n) is 16.9. The Kier molecular flexibility index (Phi) is 28.2. The maximum atomic E-state index is 13.5. The number of furan rings is 4. The highest BCUT2D eigenvalue weighted by Gasteiger charge is 2.37. The summed E-state index contributed by atoms with van der Waals surface area (Å²) in [5, 5.41) is 122. The smallest absolute Gasteiger partial charge is 0.372 e. The second-order valence-electron chi connectivity index (χ2n) is 32.4. The number of ketones is 4. The fourth-order valence-corrected chi connectivity index (χ4v) is 16.9. The summed E-state index contributed by atoms with van der Waals surface area (Å²) in [7, 11) is 0. The number of aromatic amines is 6.